The third-order valence-corrected chi connectivity index (χ3v) is 6.44. The first-order valence-corrected chi connectivity index (χ1v) is 13.6. The third-order valence-electron chi connectivity index (χ3n) is 6.44. The number of amides is 1. The Hall–Kier alpha value is -4.02. The van der Waals surface area contributed by atoms with Crippen LogP contribution in [-0.2, 0) is 25.5 Å². The minimum absolute atomic E-state index is 0.0166. The van der Waals surface area contributed by atoms with Gasteiger partial charge < -0.3 is 29.4 Å². The molecule has 2 atom stereocenters. The SMILES string of the molecule is C[C@@H]1C/C=C/[C@@H](OCCCN=[N+]=[N-])C/C=C/C(=NOCC(=O)N2CCCCC2)Cc2cc(O)cc(O)c2C(=O)O1. The van der Waals surface area contributed by atoms with Gasteiger partial charge in [-0.05, 0) is 62.3 Å². The van der Waals surface area contributed by atoms with E-state index < -0.39 is 17.8 Å². The lowest BCUT2D eigenvalue weighted by Gasteiger charge is -2.26. The number of allylic oxidation sites excluding steroid dienone is 1. The number of azide groups is 1. The molecule has 2 heterocycles. The van der Waals surface area contributed by atoms with Gasteiger partial charge in [0, 0.05) is 50.1 Å². The second-order valence-corrected chi connectivity index (χ2v) is 9.71. The molecule has 1 aromatic carbocycles. The van der Waals surface area contributed by atoms with Crippen LogP contribution in [0.1, 0.15) is 61.4 Å². The molecule has 0 saturated carbocycles. The molecule has 0 aliphatic carbocycles. The van der Waals surface area contributed by atoms with E-state index in [0.29, 0.717) is 56.8 Å². The molecular formula is C28H37N5O7. The number of ether oxygens (including phenoxy) is 2. The number of piperidine rings is 1. The van der Waals surface area contributed by atoms with Crippen LogP contribution in [0.15, 0.2) is 46.7 Å². The summed E-state index contributed by atoms with van der Waals surface area (Å²) in [5, 5.41) is 28.3. The van der Waals surface area contributed by atoms with Crippen LogP contribution in [-0.4, -0.2) is 77.8 Å². The smallest absolute Gasteiger partial charge is 0.342 e. The number of likely N-dealkylation sites (tertiary alicyclic amines) is 1. The summed E-state index contributed by atoms with van der Waals surface area (Å²) >= 11 is 0. The molecule has 3 rings (SSSR count). The number of oxime groups is 1. The van der Waals surface area contributed by atoms with Gasteiger partial charge in [-0.3, -0.25) is 4.79 Å². The molecule has 0 aromatic heterocycles. The quantitative estimate of drug-likeness (QED) is 0.0901. The second-order valence-electron chi connectivity index (χ2n) is 9.71. The fraction of sp³-hybridized carbons (Fsp3) is 0.536. The highest BCUT2D eigenvalue weighted by Gasteiger charge is 2.23. The number of carbonyl (C=O) groups excluding carboxylic acids is 2. The molecule has 2 aliphatic heterocycles. The zero-order valence-corrected chi connectivity index (χ0v) is 22.8. The van der Waals surface area contributed by atoms with E-state index in [9.17, 15) is 19.8 Å². The van der Waals surface area contributed by atoms with Crippen LogP contribution in [0.5, 0.6) is 11.5 Å². The summed E-state index contributed by atoms with van der Waals surface area (Å²) in [5.41, 5.74) is 9.03. The van der Waals surface area contributed by atoms with E-state index in [1.165, 1.54) is 6.07 Å². The fourth-order valence-corrected chi connectivity index (χ4v) is 4.43. The van der Waals surface area contributed by atoms with Gasteiger partial charge in [0.15, 0.2) is 6.61 Å². The van der Waals surface area contributed by atoms with E-state index in [0.717, 1.165) is 25.3 Å². The molecule has 2 aliphatic rings. The molecule has 1 saturated heterocycles. The van der Waals surface area contributed by atoms with Crippen LogP contribution in [0.25, 0.3) is 10.4 Å². The van der Waals surface area contributed by atoms with Crippen molar-refractivity contribution in [1.29, 1.82) is 0 Å². The van der Waals surface area contributed by atoms with Crippen molar-refractivity contribution in [1.82, 2.24) is 4.90 Å². The van der Waals surface area contributed by atoms with Crippen molar-refractivity contribution in [2.24, 2.45) is 10.3 Å². The van der Waals surface area contributed by atoms with Crippen LogP contribution in [0, 0.1) is 0 Å². The molecular weight excluding hydrogens is 518 g/mol. The number of esters is 1. The van der Waals surface area contributed by atoms with E-state index in [-0.39, 0.29) is 36.4 Å². The minimum Gasteiger partial charge on any atom is -0.508 e. The minimum atomic E-state index is -0.735. The monoisotopic (exact) mass is 555 g/mol. The first kappa shape index (κ1) is 30.5. The Bertz CT molecular complexity index is 1150. The predicted octanol–water partition coefficient (Wildman–Crippen LogP) is 4.56. The number of phenolic OH excluding ortho intramolecular Hbond substituents is 2. The van der Waals surface area contributed by atoms with Crippen molar-refractivity contribution < 1.29 is 34.1 Å². The maximum Gasteiger partial charge on any atom is 0.342 e. The molecule has 0 bridgehead atoms. The van der Waals surface area contributed by atoms with Crippen LogP contribution in [0.4, 0.5) is 0 Å². The average molecular weight is 556 g/mol. The summed E-state index contributed by atoms with van der Waals surface area (Å²) in [6.45, 7) is 3.63. The lowest BCUT2D eigenvalue weighted by molar-refractivity contribution is -0.137. The summed E-state index contributed by atoms with van der Waals surface area (Å²) in [4.78, 5) is 35.5. The van der Waals surface area contributed by atoms with Gasteiger partial charge in [0.2, 0.25) is 0 Å². The maximum atomic E-state index is 13.0. The Balaban J connectivity index is 1.84. The number of aromatic hydroxyl groups is 2. The second kappa shape index (κ2) is 16.2. The van der Waals surface area contributed by atoms with Gasteiger partial charge in [0.1, 0.15) is 23.2 Å². The number of hydrogen-bond acceptors (Lipinski definition) is 9. The average Bonchev–Trinajstić information content (AvgIpc) is 2.92. The normalized spacial score (nSPS) is 22.8. The first-order valence-electron chi connectivity index (χ1n) is 13.6. The standard InChI is InChI=1S/C28H37N5O7/c1-20-8-5-10-24(38-15-7-12-30-32-29)11-6-9-22(31-39-19-26(36)33-13-3-2-4-14-33)16-21-17-23(34)18-25(35)27(21)28(37)40-20/h5-6,9-10,17-18,20,24,34-35H,2-4,7-8,11-16,19H2,1H3/b9-6+,10-5+,31-22?/t20-,24-/m1/s1. The number of phenols is 2. The number of rotatable bonds is 8. The summed E-state index contributed by atoms with van der Waals surface area (Å²) < 4.78 is 11.5. The van der Waals surface area contributed by atoms with Gasteiger partial charge in [-0.15, -0.1) is 0 Å². The van der Waals surface area contributed by atoms with Gasteiger partial charge in [0.05, 0.1) is 11.8 Å². The Kier molecular flexibility index (Phi) is 12.3. The van der Waals surface area contributed by atoms with E-state index in [1.807, 2.05) is 18.2 Å². The lowest BCUT2D eigenvalue weighted by atomic mass is 9.99. The van der Waals surface area contributed by atoms with Gasteiger partial charge in [-0.1, -0.05) is 28.5 Å². The van der Waals surface area contributed by atoms with Gasteiger partial charge in [0.25, 0.3) is 5.91 Å². The highest BCUT2D eigenvalue weighted by Crippen LogP contribution is 2.29. The third kappa shape index (κ3) is 9.94. The topological polar surface area (TPSA) is 167 Å². The van der Waals surface area contributed by atoms with E-state index >= 15 is 0 Å². The van der Waals surface area contributed by atoms with Gasteiger partial charge in [-0.25, -0.2) is 4.79 Å². The Morgan fingerprint density at radius 1 is 1.20 bits per heavy atom. The van der Waals surface area contributed by atoms with Crippen LogP contribution < -0.4 is 0 Å². The molecule has 12 nitrogen and oxygen atoms in total. The molecule has 1 amide bonds. The molecule has 40 heavy (non-hydrogen) atoms. The zero-order chi connectivity index (χ0) is 28.7. The molecule has 0 unspecified atom stereocenters. The summed E-state index contributed by atoms with van der Waals surface area (Å²) in [5.74, 6) is -1.52. The number of hydrogen-bond donors (Lipinski definition) is 2. The lowest BCUT2D eigenvalue weighted by Crippen LogP contribution is -2.37. The molecule has 0 radical (unpaired) electrons. The van der Waals surface area contributed by atoms with Gasteiger partial charge >= 0.3 is 5.97 Å². The number of benzene rings is 1. The highest BCUT2D eigenvalue weighted by atomic mass is 16.6. The van der Waals surface area contributed by atoms with Crippen molar-refractivity contribution in [3.8, 4) is 11.5 Å². The van der Waals surface area contributed by atoms with Crippen molar-refractivity contribution in [2.45, 2.75) is 64.1 Å². The summed E-state index contributed by atoms with van der Waals surface area (Å²) in [6.07, 6.45) is 11.0. The molecule has 1 aromatic rings. The van der Waals surface area contributed by atoms with Crippen LogP contribution >= 0.6 is 0 Å². The largest absolute Gasteiger partial charge is 0.508 e. The number of fused-ring (bicyclic) bond motifs is 1. The first-order chi connectivity index (χ1) is 19.4. The number of carbonyl (C=O) groups is 2. The van der Waals surface area contributed by atoms with Crippen molar-refractivity contribution in [2.75, 3.05) is 32.8 Å². The van der Waals surface area contributed by atoms with Crippen molar-refractivity contribution >= 4 is 17.6 Å². The fourth-order valence-electron chi connectivity index (χ4n) is 4.43. The molecule has 1 fully saturated rings. The summed E-state index contributed by atoms with van der Waals surface area (Å²) in [6, 6.07) is 2.45. The Morgan fingerprint density at radius 2 is 2.00 bits per heavy atom. The summed E-state index contributed by atoms with van der Waals surface area (Å²) in [7, 11) is 0. The Labute approximate surface area is 233 Å². The molecule has 0 spiro atoms. The molecule has 12 heteroatoms. The van der Waals surface area contributed by atoms with Gasteiger partial charge in [-0.2, -0.15) is 0 Å². The van der Waals surface area contributed by atoms with E-state index in [4.69, 9.17) is 19.8 Å². The molecule has 2 N–H and O–H groups in total. The highest BCUT2D eigenvalue weighted by molar-refractivity contribution is 6.00. The zero-order valence-electron chi connectivity index (χ0n) is 22.8. The van der Waals surface area contributed by atoms with Crippen molar-refractivity contribution in [3.05, 3.63) is 58.0 Å². The van der Waals surface area contributed by atoms with E-state index in [1.54, 1.807) is 17.9 Å². The molecule has 216 valence electrons. The van der Waals surface area contributed by atoms with Crippen LogP contribution in [0.3, 0.4) is 0 Å². The number of cyclic esters (lactones) is 1. The van der Waals surface area contributed by atoms with Crippen LogP contribution in [0.2, 0.25) is 0 Å². The van der Waals surface area contributed by atoms with E-state index in [2.05, 4.69) is 15.2 Å². The Morgan fingerprint density at radius 3 is 2.77 bits per heavy atom. The van der Waals surface area contributed by atoms with Crippen molar-refractivity contribution in [3.63, 3.8) is 0 Å². The predicted molar refractivity (Wildman–Crippen MR) is 148 cm³/mol. The number of nitrogens with zero attached hydrogens (tertiary/aromatic N) is 5. The maximum absolute atomic E-state index is 13.0.